The summed E-state index contributed by atoms with van der Waals surface area (Å²) in [6.45, 7) is 1.89. The highest BCUT2D eigenvalue weighted by Crippen LogP contribution is 2.13. The van der Waals surface area contributed by atoms with Crippen LogP contribution in [0.2, 0.25) is 0 Å². The fourth-order valence-electron chi connectivity index (χ4n) is 1.59. The Hall–Kier alpha value is -1.00. The van der Waals surface area contributed by atoms with E-state index >= 15 is 0 Å². The van der Waals surface area contributed by atoms with Gasteiger partial charge in [-0.25, -0.2) is 8.78 Å². The minimum Gasteiger partial charge on any atom is -0.382 e. The number of methoxy groups -OCH3 is 1. The van der Waals surface area contributed by atoms with Crippen LogP contribution in [0, 0.1) is 11.6 Å². The molecule has 0 aliphatic heterocycles. The van der Waals surface area contributed by atoms with Gasteiger partial charge in [-0.05, 0) is 43.5 Å². The fraction of sp³-hybridized carbons (Fsp3) is 0.500. The molecular formula is C12H17F2NO. The lowest BCUT2D eigenvalue weighted by Gasteiger charge is -2.16. The standard InChI is InChI=1S/C12H17F2NO/c1-8(16-2)5-11(15)7-9-6-10(13)3-4-12(9)14/h3-4,6,8,11H,5,7,15H2,1-2H3. The van der Waals surface area contributed by atoms with Gasteiger partial charge in [-0.2, -0.15) is 0 Å². The molecule has 1 aromatic carbocycles. The summed E-state index contributed by atoms with van der Waals surface area (Å²) in [5.74, 6) is -0.856. The molecule has 0 radical (unpaired) electrons. The van der Waals surface area contributed by atoms with E-state index in [0.29, 0.717) is 18.4 Å². The number of halogens is 2. The maximum atomic E-state index is 13.3. The van der Waals surface area contributed by atoms with Crippen LogP contribution in [-0.2, 0) is 11.2 Å². The predicted molar refractivity (Wildman–Crippen MR) is 59.1 cm³/mol. The van der Waals surface area contributed by atoms with E-state index in [4.69, 9.17) is 10.5 Å². The van der Waals surface area contributed by atoms with E-state index < -0.39 is 11.6 Å². The van der Waals surface area contributed by atoms with Crippen molar-refractivity contribution in [2.75, 3.05) is 7.11 Å². The quantitative estimate of drug-likeness (QED) is 0.840. The van der Waals surface area contributed by atoms with Crippen molar-refractivity contribution in [1.29, 1.82) is 0 Å². The Morgan fingerprint density at radius 2 is 2.06 bits per heavy atom. The van der Waals surface area contributed by atoms with Gasteiger partial charge in [-0.1, -0.05) is 0 Å². The summed E-state index contributed by atoms with van der Waals surface area (Å²) < 4.78 is 31.3. The zero-order valence-electron chi connectivity index (χ0n) is 9.54. The third-order valence-corrected chi connectivity index (χ3v) is 2.53. The largest absolute Gasteiger partial charge is 0.382 e. The third kappa shape index (κ3) is 3.87. The highest BCUT2D eigenvalue weighted by atomic mass is 19.1. The molecule has 2 N–H and O–H groups in total. The summed E-state index contributed by atoms with van der Waals surface area (Å²) in [5.41, 5.74) is 6.15. The Bertz CT molecular complexity index is 344. The van der Waals surface area contributed by atoms with Crippen molar-refractivity contribution in [3.8, 4) is 0 Å². The molecule has 0 aliphatic rings. The highest BCUT2D eigenvalue weighted by Gasteiger charge is 2.12. The number of benzene rings is 1. The topological polar surface area (TPSA) is 35.2 Å². The van der Waals surface area contributed by atoms with E-state index in [9.17, 15) is 8.78 Å². The van der Waals surface area contributed by atoms with E-state index in [0.717, 1.165) is 12.1 Å². The van der Waals surface area contributed by atoms with Gasteiger partial charge in [-0.3, -0.25) is 0 Å². The van der Waals surface area contributed by atoms with Gasteiger partial charge in [0.15, 0.2) is 0 Å². The maximum absolute atomic E-state index is 13.3. The summed E-state index contributed by atoms with van der Waals surface area (Å²) in [7, 11) is 1.60. The van der Waals surface area contributed by atoms with Crippen molar-refractivity contribution >= 4 is 0 Å². The van der Waals surface area contributed by atoms with E-state index in [2.05, 4.69) is 0 Å². The van der Waals surface area contributed by atoms with Crippen molar-refractivity contribution < 1.29 is 13.5 Å². The lowest BCUT2D eigenvalue weighted by Crippen LogP contribution is -2.28. The smallest absolute Gasteiger partial charge is 0.126 e. The minimum absolute atomic E-state index is 0.0200. The summed E-state index contributed by atoms with van der Waals surface area (Å²) in [6, 6.07) is 3.18. The van der Waals surface area contributed by atoms with Gasteiger partial charge in [0.25, 0.3) is 0 Å². The Morgan fingerprint density at radius 1 is 1.38 bits per heavy atom. The van der Waals surface area contributed by atoms with Gasteiger partial charge >= 0.3 is 0 Å². The van der Waals surface area contributed by atoms with Crippen molar-refractivity contribution in [3.05, 3.63) is 35.4 Å². The van der Waals surface area contributed by atoms with Gasteiger partial charge in [-0.15, -0.1) is 0 Å². The van der Waals surface area contributed by atoms with Crippen molar-refractivity contribution in [1.82, 2.24) is 0 Å². The first-order valence-corrected chi connectivity index (χ1v) is 5.25. The molecule has 1 rings (SSSR count). The summed E-state index contributed by atoms with van der Waals surface area (Å²) >= 11 is 0. The normalized spacial score (nSPS) is 14.8. The van der Waals surface area contributed by atoms with E-state index in [-0.39, 0.29) is 12.1 Å². The van der Waals surface area contributed by atoms with Crippen LogP contribution in [0.15, 0.2) is 18.2 Å². The van der Waals surface area contributed by atoms with Crippen LogP contribution in [0.1, 0.15) is 18.9 Å². The van der Waals surface area contributed by atoms with Crippen LogP contribution in [0.25, 0.3) is 0 Å². The van der Waals surface area contributed by atoms with Gasteiger partial charge < -0.3 is 10.5 Å². The summed E-state index contributed by atoms with van der Waals surface area (Å²) in [4.78, 5) is 0. The number of nitrogens with two attached hydrogens (primary N) is 1. The first-order valence-electron chi connectivity index (χ1n) is 5.25. The van der Waals surface area contributed by atoms with Crippen molar-refractivity contribution in [3.63, 3.8) is 0 Å². The molecule has 0 saturated heterocycles. The Balaban J connectivity index is 2.61. The molecule has 0 heterocycles. The number of hydrogen-bond donors (Lipinski definition) is 1. The lowest BCUT2D eigenvalue weighted by molar-refractivity contribution is 0.104. The monoisotopic (exact) mass is 229 g/mol. The number of rotatable bonds is 5. The van der Waals surface area contributed by atoms with Gasteiger partial charge in [0.1, 0.15) is 11.6 Å². The molecule has 0 bridgehead atoms. The maximum Gasteiger partial charge on any atom is 0.126 e. The molecule has 1 aromatic rings. The molecular weight excluding hydrogens is 212 g/mol. The average Bonchev–Trinajstić information content (AvgIpc) is 2.23. The number of hydrogen-bond acceptors (Lipinski definition) is 2. The average molecular weight is 229 g/mol. The molecule has 90 valence electrons. The van der Waals surface area contributed by atoms with Crippen LogP contribution < -0.4 is 5.73 Å². The van der Waals surface area contributed by atoms with Crippen LogP contribution in [0.5, 0.6) is 0 Å². The first kappa shape index (κ1) is 13.1. The number of ether oxygens (including phenoxy) is 1. The highest BCUT2D eigenvalue weighted by molar-refractivity contribution is 5.19. The Kier molecular flexibility index (Phi) is 4.83. The van der Waals surface area contributed by atoms with E-state index in [1.807, 2.05) is 6.92 Å². The molecule has 0 spiro atoms. The van der Waals surface area contributed by atoms with E-state index in [1.54, 1.807) is 7.11 Å². The Morgan fingerprint density at radius 3 is 2.69 bits per heavy atom. The van der Waals surface area contributed by atoms with Crippen LogP contribution in [-0.4, -0.2) is 19.3 Å². The van der Waals surface area contributed by atoms with Gasteiger partial charge in [0, 0.05) is 13.2 Å². The fourth-order valence-corrected chi connectivity index (χ4v) is 1.59. The first-order chi connectivity index (χ1) is 7.52. The zero-order chi connectivity index (χ0) is 12.1. The van der Waals surface area contributed by atoms with Gasteiger partial charge in [0.05, 0.1) is 6.10 Å². The minimum atomic E-state index is -0.441. The van der Waals surface area contributed by atoms with E-state index in [1.165, 1.54) is 6.07 Å². The lowest BCUT2D eigenvalue weighted by atomic mass is 10.0. The Labute approximate surface area is 94.4 Å². The molecule has 0 saturated carbocycles. The molecule has 4 heteroatoms. The van der Waals surface area contributed by atoms with Crippen LogP contribution in [0.4, 0.5) is 8.78 Å². The molecule has 0 fully saturated rings. The SMILES string of the molecule is COC(C)CC(N)Cc1cc(F)ccc1F. The summed E-state index contributed by atoms with van der Waals surface area (Å²) in [6.07, 6.45) is 0.954. The third-order valence-electron chi connectivity index (χ3n) is 2.53. The second kappa shape index (κ2) is 5.92. The molecule has 0 amide bonds. The molecule has 2 nitrogen and oxygen atoms in total. The molecule has 2 unspecified atom stereocenters. The molecule has 16 heavy (non-hydrogen) atoms. The molecule has 2 atom stereocenters. The molecule has 0 aromatic heterocycles. The second-order valence-electron chi connectivity index (χ2n) is 3.98. The van der Waals surface area contributed by atoms with Gasteiger partial charge in [0.2, 0.25) is 0 Å². The van der Waals surface area contributed by atoms with Crippen LogP contribution in [0.3, 0.4) is 0 Å². The second-order valence-corrected chi connectivity index (χ2v) is 3.98. The van der Waals surface area contributed by atoms with Crippen LogP contribution >= 0.6 is 0 Å². The molecule has 0 aliphatic carbocycles. The zero-order valence-corrected chi connectivity index (χ0v) is 9.54. The van der Waals surface area contributed by atoms with Crippen molar-refractivity contribution in [2.45, 2.75) is 31.9 Å². The summed E-state index contributed by atoms with van der Waals surface area (Å²) in [5, 5.41) is 0. The van der Waals surface area contributed by atoms with Crippen molar-refractivity contribution in [2.24, 2.45) is 5.73 Å². The predicted octanol–water partition coefficient (Wildman–Crippen LogP) is 2.26.